The topological polar surface area (TPSA) is 167 Å². The van der Waals surface area contributed by atoms with E-state index in [1.807, 2.05) is 16.7 Å². The molecule has 0 unspecified atom stereocenters. The lowest BCUT2D eigenvalue weighted by Gasteiger charge is -2.39. The molecule has 4 aromatic carbocycles. The summed E-state index contributed by atoms with van der Waals surface area (Å²) in [5, 5.41) is -0.368. The molecule has 314 valence electrons. The van der Waals surface area contributed by atoms with E-state index in [2.05, 4.69) is 9.97 Å². The van der Waals surface area contributed by atoms with Gasteiger partial charge in [-0.05, 0) is 68.3 Å². The van der Waals surface area contributed by atoms with Crippen molar-refractivity contribution >= 4 is 65.7 Å². The Morgan fingerprint density at radius 3 is 1.75 bits per heavy atom. The van der Waals surface area contributed by atoms with Crippen molar-refractivity contribution in [2.75, 3.05) is 61.4 Å². The Kier molecular flexibility index (Phi) is 11.1. The second-order valence-electron chi connectivity index (χ2n) is 14.9. The zero-order valence-corrected chi connectivity index (χ0v) is 34.5. The largest absolute Gasteiger partial charge is 0.423 e. The lowest BCUT2D eigenvalue weighted by molar-refractivity contribution is 0.0666. The first-order chi connectivity index (χ1) is 28.7. The third kappa shape index (κ3) is 8.17. The number of amides is 2. The Bertz CT molecular complexity index is 2820. The molecule has 1 atom stereocenters. The number of rotatable bonds is 8. The van der Waals surface area contributed by atoms with Gasteiger partial charge in [0.1, 0.15) is 22.7 Å². The lowest BCUT2D eigenvalue weighted by Crippen LogP contribution is -2.54. The third-order valence-corrected chi connectivity index (χ3v) is 15.0. The van der Waals surface area contributed by atoms with Crippen molar-refractivity contribution in [3.8, 4) is 0 Å². The minimum atomic E-state index is -3.52. The fraction of sp³-hybridized carbons (Fsp3) is 0.333. The number of anilines is 2. The highest BCUT2D eigenvalue weighted by atomic mass is 32.2. The van der Waals surface area contributed by atoms with Crippen LogP contribution in [0.4, 0.5) is 20.8 Å². The van der Waals surface area contributed by atoms with Crippen LogP contribution in [0.5, 0.6) is 0 Å². The van der Waals surface area contributed by atoms with E-state index in [-0.39, 0.29) is 55.6 Å². The number of aromatic nitrogens is 2. The summed E-state index contributed by atoms with van der Waals surface area (Å²) in [7, 11) is -6.98. The summed E-state index contributed by atoms with van der Waals surface area (Å²) >= 11 is 0. The van der Waals surface area contributed by atoms with Crippen LogP contribution >= 0.6 is 0 Å². The first-order valence-electron chi connectivity index (χ1n) is 19.6. The van der Waals surface area contributed by atoms with Crippen molar-refractivity contribution in [2.24, 2.45) is 0 Å². The second-order valence-corrected chi connectivity index (χ2v) is 19.4. The summed E-state index contributed by atoms with van der Waals surface area (Å²) < 4.78 is 88.4. The number of hydrogen-bond acceptors (Lipinski definition) is 12. The van der Waals surface area contributed by atoms with Crippen molar-refractivity contribution < 1.29 is 44.0 Å². The Hall–Kier alpha value is -5.88. The summed E-state index contributed by atoms with van der Waals surface area (Å²) in [6.45, 7) is 6.55. The molecule has 2 aromatic heterocycles. The molecular formula is C42H42F2N6O8S2. The normalized spacial score (nSPS) is 17.5. The molecular weight excluding hydrogens is 819 g/mol. The fourth-order valence-corrected chi connectivity index (χ4v) is 10.4. The predicted octanol–water partition coefficient (Wildman–Crippen LogP) is 5.98. The molecule has 1 aliphatic carbocycles. The number of carbonyl (C=O) groups is 2. The quantitative estimate of drug-likeness (QED) is 0.176. The number of halogens is 2. The summed E-state index contributed by atoms with van der Waals surface area (Å²) in [6, 6.07) is 21.7. The number of nitrogens with zero attached hydrogens (tertiary/aromatic N) is 6. The highest BCUT2D eigenvalue weighted by molar-refractivity contribution is 7.92. The van der Waals surface area contributed by atoms with Gasteiger partial charge >= 0.3 is 0 Å². The van der Waals surface area contributed by atoms with Crippen LogP contribution in [0.15, 0.2) is 104 Å². The van der Waals surface area contributed by atoms with Crippen LogP contribution in [-0.2, 0) is 19.7 Å². The summed E-state index contributed by atoms with van der Waals surface area (Å²) in [5.41, 5.74) is 2.31. The summed E-state index contributed by atoms with van der Waals surface area (Å²) in [5.74, 6) is -1.45. The van der Waals surface area contributed by atoms with Crippen molar-refractivity contribution in [3.63, 3.8) is 0 Å². The number of hydrogen-bond donors (Lipinski definition) is 0. The van der Waals surface area contributed by atoms with Gasteiger partial charge in [-0.15, -0.1) is 0 Å². The zero-order valence-electron chi connectivity index (χ0n) is 32.8. The Balaban J connectivity index is 0.000000166. The Morgan fingerprint density at radius 2 is 1.20 bits per heavy atom. The van der Waals surface area contributed by atoms with E-state index in [1.165, 1.54) is 36.4 Å². The van der Waals surface area contributed by atoms with Crippen LogP contribution < -0.4 is 9.80 Å². The van der Waals surface area contributed by atoms with Gasteiger partial charge in [-0.2, -0.15) is 9.97 Å². The predicted molar refractivity (Wildman–Crippen MR) is 220 cm³/mol. The van der Waals surface area contributed by atoms with E-state index in [0.29, 0.717) is 92.9 Å². The highest BCUT2D eigenvalue weighted by Gasteiger charge is 2.40. The van der Waals surface area contributed by atoms with E-state index >= 15 is 0 Å². The maximum absolute atomic E-state index is 13.4. The van der Waals surface area contributed by atoms with Crippen LogP contribution in [0, 0.1) is 11.6 Å². The Labute approximate surface area is 345 Å². The van der Waals surface area contributed by atoms with Crippen molar-refractivity contribution in [3.05, 3.63) is 108 Å². The van der Waals surface area contributed by atoms with E-state index in [0.717, 1.165) is 0 Å². The van der Waals surface area contributed by atoms with Gasteiger partial charge in [-0.25, -0.2) is 25.6 Å². The van der Waals surface area contributed by atoms with Gasteiger partial charge in [0.15, 0.2) is 30.8 Å². The molecule has 3 aliphatic rings. The molecule has 0 spiro atoms. The molecule has 3 fully saturated rings. The molecule has 9 rings (SSSR count). The van der Waals surface area contributed by atoms with Crippen LogP contribution in [0.1, 0.15) is 47.4 Å². The number of fused-ring (bicyclic) bond motifs is 2. The molecule has 4 heterocycles. The molecule has 6 aromatic rings. The molecule has 1 saturated carbocycles. The van der Waals surface area contributed by atoms with Crippen LogP contribution in [0.3, 0.4) is 0 Å². The average Bonchev–Trinajstić information content (AvgIpc) is 3.92. The number of piperazine rings is 2. The zero-order chi connectivity index (χ0) is 42.3. The monoisotopic (exact) mass is 860 g/mol. The molecule has 2 saturated heterocycles. The van der Waals surface area contributed by atoms with Gasteiger partial charge in [0.2, 0.25) is 0 Å². The smallest absolute Gasteiger partial charge is 0.298 e. The summed E-state index contributed by atoms with van der Waals surface area (Å²) in [6.07, 6.45) is 1.30. The van der Waals surface area contributed by atoms with E-state index < -0.39 is 25.5 Å². The second kappa shape index (κ2) is 16.3. The van der Waals surface area contributed by atoms with E-state index in [4.69, 9.17) is 8.83 Å². The molecule has 14 nitrogen and oxygen atoms in total. The van der Waals surface area contributed by atoms with Gasteiger partial charge in [0, 0.05) is 64.0 Å². The van der Waals surface area contributed by atoms with Gasteiger partial charge in [-0.3, -0.25) is 9.59 Å². The average molecular weight is 861 g/mol. The molecule has 2 aliphatic heterocycles. The SMILES string of the molecule is CCS(=O)(=O)c1ccccc1C(=O)N1CCN(c2nc3ccc(F)cc3o2)C[C@@H]1C.O=C(c1ccccc1S(=O)(=O)C1CC1)N1CCN(c2nc3ccc(F)cc3o2)CC1. The minimum Gasteiger partial charge on any atom is -0.423 e. The molecule has 18 heteroatoms. The van der Waals surface area contributed by atoms with Gasteiger partial charge in [0.05, 0.1) is 31.9 Å². The molecule has 0 radical (unpaired) electrons. The minimum absolute atomic E-state index is 0.0631. The maximum Gasteiger partial charge on any atom is 0.298 e. The van der Waals surface area contributed by atoms with Crippen LogP contribution in [0.25, 0.3) is 22.2 Å². The standard InChI is InChI=1S/C21H20FN3O4S.C21H22FN3O4S/c22-14-5-8-17-18(13-14)29-21(23-17)25-11-9-24(10-12-25)20(26)16-3-1-2-4-19(16)30(27,28)15-6-7-15;1-3-30(27,28)19-7-5-4-6-16(19)20(26)25-11-10-24(13-14(25)2)21-23-17-9-8-15(22)12-18(17)29-21/h1-5,8,13,15H,6-7,9-12H2;4-9,12,14H,3,10-11,13H2,1-2H3/t;14-/m.0/s1. The van der Waals surface area contributed by atoms with Crippen molar-refractivity contribution in [1.29, 1.82) is 0 Å². The van der Waals surface area contributed by atoms with Gasteiger partial charge in [-0.1, -0.05) is 31.2 Å². The van der Waals surface area contributed by atoms with Crippen LogP contribution in [-0.4, -0.2) is 111 Å². The molecule has 60 heavy (non-hydrogen) atoms. The van der Waals surface area contributed by atoms with Gasteiger partial charge < -0.3 is 28.4 Å². The molecule has 2 amide bonds. The maximum atomic E-state index is 13.4. The van der Waals surface area contributed by atoms with Crippen LogP contribution in [0.2, 0.25) is 0 Å². The highest BCUT2D eigenvalue weighted by Crippen LogP contribution is 2.35. The lowest BCUT2D eigenvalue weighted by atomic mass is 10.1. The fourth-order valence-electron chi connectivity index (χ4n) is 7.42. The number of benzene rings is 4. The number of carbonyl (C=O) groups excluding carboxylic acids is 2. The third-order valence-electron chi connectivity index (χ3n) is 10.9. The summed E-state index contributed by atoms with van der Waals surface area (Å²) in [4.78, 5) is 42.4. The first-order valence-corrected chi connectivity index (χ1v) is 22.8. The van der Waals surface area contributed by atoms with Gasteiger partial charge in [0.25, 0.3) is 23.8 Å². The number of oxazole rings is 2. The number of sulfone groups is 2. The molecule has 0 N–H and O–H groups in total. The van der Waals surface area contributed by atoms with E-state index in [1.54, 1.807) is 65.3 Å². The molecule has 0 bridgehead atoms. The first kappa shape index (κ1) is 40.9. The van der Waals surface area contributed by atoms with Crippen molar-refractivity contribution in [2.45, 2.75) is 47.8 Å². The Morgan fingerprint density at radius 1 is 0.683 bits per heavy atom. The van der Waals surface area contributed by atoms with E-state index in [9.17, 15) is 35.2 Å². The van der Waals surface area contributed by atoms with Crippen molar-refractivity contribution in [1.82, 2.24) is 19.8 Å².